The molecule has 37 heavy (non-hydrogen) atoms. The summed E-state index contributed by atoms with van der Waals surface area (Å²) in [6, 6.07) is 7.99. The average Bonchev–Trinajstić information content (AvgIpc) is 3.42. The highest BCUT2D eigenvalue weighted by Gasteiger charge is 2.37. The number of amides is 3. The van der Waals surface area contributed by atoms with Gasteiger partial charge in [-0.1, -0.05) is 12.1 Å². The Balaban J connectivity index is 1.62. The minimum absolute atomic E-state index is 0.0350. The van der Waals surface area contributed by atoms with Gasteiger partial charge in [-0.05, 0) is 51.8 Å². The molecule has 0 saturated carbocycles. The van der Waals surface area contributed by atoms with Gasteiger partial charge in [-0.15, -0.1) is 0 Å². The summed E-state index contributed by atoms with van der Waals surface area (Å²) in [5.74, 6) is 4.81. The van der Waals surface area contributed by atoms with Crippen molar-refractivity contribution in [2.24, 2.45) is 5.73 Å². The molecule has 5 N–H and O–H groups in total. The van der Waals surface area contributed by atoms with E-state index in [1.54, 1.807) is 37.8 Å². The Bertz CT molecular complexity index is 1350. The number of likely N-dealkylation sites (tertiary alicyclic amines) is 1. The van der Waals surface area contributed by atoms with Gasteiger partial charge in [0.25, 0.3) is 11.8 Å². The van der Waals surface area contributed by atoms with Gasteiger partial charge in [0, 0.05) is 29.9 Å². The van der Waals surface area contributed by atoms with Gasteiger partial charge in [0.2, 0.25) is 0 Å². The molecule has 3 amide bonds. The number of halogens is 1. The zero-order chi connectivity index (χ0) is 26.9. The molecular formula is C25H28FN7O4. The highest BCUT2D eigenvalue weighted by atomic mass is 19.1. The fourth-order valence-electron chi connectivity index (χ4n) is 4.14. The second kappa shape index (κ2) is 9.88. The number of nitrogen functional groups attached to an aromatic ring is 1. The second-order valence-electron chi connectivity index (χ2n) is 9.62. The van der Waals surface area contributed by atoms with Gasteiger partial charge in [0.05, 0.1) is 6.04 Å². The van der Waals surface area contributed by atoms with E-state index in [-0.39, 0.29) is 22.8 Å². The Morgan fingerprint density at radius 2 is 1.86 bits per heavy atom. The number of primary amides is 1. The number of nitrogens with two attached hydrogens (primary N) is 2. The van der Waals surface area contributed by atoms with Gasteiger partial charge in [-0.25, -0.2) is 23.8 Å². The number of anilines is 1. The molecule has 0 aliphatic carbocycles. The minimum atomic E-state index is -0.794. The molecule has 1 fully saturated rings. The predicted molar refractivity (Wildman–Crippen MR) is 133 cm³/mol. The number of imidazole rings is 1. The number of nitrogens with one attached hydrogen (secondary N) is 1. The highest BCUT2D eigenvalue weighted by Crippen LogP contribution is 2.35. The van der Waals surface area contributed by atoms with E-state index in [1.807, 2.05) is 0 Å². The molecule has 12 heteroatoms. The molecule has 194 valence electrons. The van der Waals surface area contributed by atoms with Crippen molar-refractivity contribution in [3.8, 4) is 11.3 Å². The fourth-order valence-corrected chi connectivity index (χ4v) is 4.14. The van der Waals surface area contributed by atoms with E-state index < -0.39 is 35.4 Å². The van der Waals surface area contributed by atoms with Crippen LogP contribution in [0.2, 0.25) is 0 Å². The van der Waals surface area contributed by atoms with E-state index in [0.29, 0.717) is 30.8 Å². The lowest BCUT2D eigenvalue weighted by atomic mass is 10.1. The van der Waals surface area contributed by atoms with Crippen LogP contribution in [0.15, 0.2) is 42.6 Å². The van der Waals surface area contributed by atoms with Gasteiger partial charge in [-0.3, -0.25) is 14.5 Å². The van der Waals surface area contributed by atoms with Crippen molar-refractivity contribution in [2.45, 2.75) is 45.3 Å². The van der Waals surface area contributed by atoms with Crippen LogP contribution in [0.3, 0.4) is 0 Å². The molecule has 1 aliphatic rings. The van der Waals surface area contributed by atoms with Crippen molar-refractivity contribution in [1.29, 1.82) is 0 Å². The Labute approximate surface area is 212 Å². The molecule has 3 heterocycles. The topological polar surface area (TPSA) is 158 Å². The summed E-state index contributed by atoms with van der Waals surface area (Å²) >= 11 is 0. The van der Waals surface area contributed by atoms with E-state index in [1.165, 1.54) is 24.4 Å². The predicted octanol–water partition coefficient (Wildman–Crippen LogP) is 3.22. The van der Waals surface area contributed by atoms with Gasteiger partial charge in [0.15, 0.2) is 11.5 Å². The summed E-state index contributed by atoms with van der Waals surface area (Å²) < 4.78 is 20.0. The van der Waals surface area contributed by atoms with Crippen LogP contribution in [0.1, 0.15) is 66.3 Å². The molecule has 1 aliphatic heterocycles. The largest absolute Gasteiger partial charge is 0.444 e. The number of carbonyl (C=O) groups is 3. The second-order valence-corrected chi connectivity index (χ2v) is 9.62. The van der Waals surface area contributed by atoms with E-state index in [9.17, 15) is 18.8 Å². The Hall–Kier alpha value is -4.48. The standard InChI is InChI=1S/C25H28FN7O4/c1-25(2,3)37-24(36)32-12-4-5-17(32)22-31-19(20(21(27)34)33(22)28)14-6-8-15(9-7-14)23(35)30-18-13-16(26)10-11-29-18/h6-11,13,17H,4-5,12,28H2,1-3H3,(H2,27,34)(H,29,30,35)/t17-/m0/s1. The monoisotopic (exact) mass is 509 g/mol. The number of nitrogens with zero attached hydrogens (tertiary/aromatic N) is 4. The van der Waals surface area contributed by atoms with Crippen LogP contribution in [-0.4, -0.2) is 49.6 Å². The maximum atomic E-state index is 13.4. The smallest absolute Gasteiger partial charge is 0.410 e. The minimum Gasteiger partial charge on any atom is -0.444 e. The van der Waals surface area contributed by atoms with Crippen molar-refractivity contribution in [3.63, 3.8) is 0 Å². The average molecular weight is 510 g/mol. The summed E-state index contributed by atoms with van der Waals surface area (Å²) in [6.07, 6.45) is 2.04. The summed E-state index contributed by atoms with van der Waals surface area (Å²) in [6.45, 7) is 5.79. The van der Waals surface area contributed by atoms with Gasteiger partial charge >= 0.3 is 6.09 Å². The van der Waals surface area contributed by atoms with Crippen LogP contribution in [0.25, 0.3) is 11.3 Å². The number of aromatic nitrogens is 3. The number of hydrogen-bond donors (Lipinski definition) is 3. The lowest BCUT2D eigenvalue weighted by Gasteiger charge is -2.28. The number of benzene rings is 1. The number of ether oxygens (including phenoxy) is 1. The van der Waals surface area contributed by atoms with Crippen LogP contribution in [-0.2, 0) is 4.74 Å². The van der Waals surface area contributed by atoms with Crippen molar-refractivity contribution in [3.05, 3.63) is 65.5 Å². The van der Waals surface area contributed by atoms with Crippen molar-refractivity contribution >= 4 is 23.7 Å². The molecule has 1 saturated heterocycles. The van der Waals surface area contributed by atoms with E-state index >= 15 is 0 Å². The molecule has 2 aromatic heterocycles. The molecule has 1 aromatic carbocycles. The number of rotatable bonds is 5. The number of carbonyl (C=O) groups excluding carboxylic acids is 3. The highest BCUT2D eigenvalue weighted by molar-refractivity contribution is 6.04. The van der Waals surface area contributed by atoms with Crippen molar-refractivity contribution in [2.75, 3.05) is 17.7 Å². The summed E-state index contributed by atoms with van der Waals surface area (Å²) in [7, 11) is 0. The molecule has 0 bridgehead atoms. The molecule has 3 aromatic rings. The van der Waals surface area contributed by atoms with E-state index in [2.05, 4.69) is 15.3 Å². The third-order valence-electron chi connectivity index (χ3n) is 5.73. The van der Waals surface area contributed by atoms with Crippen molar-refractivity contribution < 1.29 is 23.5 Å². The third kappa shape index (κ3) is 5.52. The molecule has 0 radical (unpaired) electrons. The summed E-state index contributed by atoms with van der Waals surface area (Å²) in [5, 5.41) is 2.52. The van der Waals surface area contributed by atoms with Crippen LogP contribution < -0.4 is 16.9 Å². The van der Waals surface area contributed by atoms with Crippen LogP contribution in [0, 0.1) is 5.82 Å². The molecular weight excluding hydrogens is 481 g/mol. The molecule has 4 rings (SSSR count). The molecule has 0 unspecified atom stereocenters. The van der Waals surface area contributed by atoms with Crippen LogP contribution in [0.5, 0.6) is 0 Å². The fraction of sp³-hybridized carbons (Fsp3) is 0.320. The quantitative estimate of drug-likeness (QED) is 0.445. The molecule has 0 spiro atoms. The first kappa shape index (κ1) is 25.6. The summed E-state index contributed by atoms with van der Waals surface area (Å²) in [5.41, 5.74) is 5.90. The Kier molecular flexibility index (Phi) is 6.84. The van der Waals surface area contributed by atoms with E-state index in [4.69, 9.17) is 16.3 Å². The van der Waals surface area contributed by atoms with Crippen LogP contribution in [0.4, 0.5) is 15.0 Å². The van der Waals surface area contributed by atoms with Crippen LogP contribution >= 0.6 is 0 Å². The van der Waals surface area contributed by atoms with Gasteiger partial charge in [-0.2, -0.15) is 0 Å². The SMILES string of the molecule is CC(C)(C)OC(=O)N1CCC[C@H]1c1nc(-c2ccc(C(=O)Nc3cc(F)ccn3)cc2)c(C(N)=O)n1N. The first-order chi connectivity index (χ1) is 17.4. The lowest BCUT2D eigenvalue weighted by Crippen LogP contribution is -2.38. The van der Waals surface area contributed by atoms with Crippen molar-refractivity contribution in [1.82, 2.24) is 19.5 Å². The maximum Gasteiger partial charge on any atom is 0.410 e. The zero-order valence-electron chi connectivity index (χ0n) is 20.7. The van der Waals surface area contributed by atoms with Gasteiger partial charge in [0.1, 0.15) is 22.9 Å². The van der Waals surface area contributed by atoms with Gasteiger partial charge < -0.3 is 21.6 Å². The first-order valence-electron chi connectivity index (χ1n) is 11.6. The molecule has 11 nitrogen and oxygen atoms in total. The molecule has 1 atom stereocenters. The Morgan fingerprint density at radius 1 is 1.16 bits per heavy atom. The first-order valence-corrected chi connectivity index (χ1v) is 11.6. The normalized spacial score (nSPS) is 15.5. The summed E-state index contributed by atoms with van der Waals surface area (Å²) in [4.78, 5) is 47.7. The Morgan fingerprint density at radius 3 is 2.49 bits per heavy atom. The lowest BCUT2D eigenvalue weighted by molar-refractivity contribution is 0.0217. The maximum absolute atomic E-state index is 13.4. The zero-order valence-corrected chi connectivity index (χ0v) is 20.7. The number of hydrogen-bond acceptors (Lipinski definition) is 7. The number of pyridine rings is 1. The third-order valence-corrected chi connectivity index (χ3v) is 5.73. The van der Waals surface area contributed by atoms with E-state index in [0.717, 1.165) is 10.7 Å².